The summed E-state index contributed by atoms with van der Waals surface area (Å²) in [4.78, 5) is 22.0. The van der Waals surface area contributed by atoms with E-state index < -0.39 is 17.6 Å². The van der Waals surface area contributed by atoms with Crippen LogP contribution in [0.3, 0.4) is 0 Å². The van der Waals surface area contributed by atoms with Gasteiger partial charge in [-0.05, 0) is 49.9 Å². The minimum Gasteiger partial charge on any atom is -0.396 e. The summed E-state index contributed by atoms with van der Waals surface area (Å²) >= 11 is 1.37. The second kappa shape index (κ2) is 11.5. The molecule has 0 saturated carbocycles. The second-order valence-electron chi connectivity index (χ2n) is 9.28. The number of benzene rings is 2. The average Bonchev–Trinajstić information content (AvgIpc) is 3.39. The highest BCUT2D eigenvalue weighted by Crippen LogP contribution is 2.34. The lowest BCUT2D eigenvalue weighted by molar-refractivity contribution is -0.137. The van der Waals surface area contributed by atoms with Gasteiger partial charge in [0.05, 0.1) is 21.8 Å². The Kier molecular flexibility index (Phi) is 8.33. The molecule has 6 N–H and O–H groups in total. The minimum absolute atomic E-state index is 0.0832. The molecule has 2 heterocycles. The number of thiazole rings is 1. The smallest absolute Gasteiger partial charge is 0.396 e. The van der Waals surface area contributed by atoms with Gasteiger partial charge in [-0.2, -0.15) is 13.2 Å². The van der Waals surface area contributed by atoms with Crippen molar-refractivity contribution in [2.24, 2.45) is 11.6 Å². The van der Waals surface area contributed by atoms with Crippen LogP contribution < -0.4 is 32.1 Å². The summed E-state index contributed by atoms with van der Waals surface area (Å²) in [5.41, 5.74) is 7.73. The van der Waals surface area contributed by atoms with E-state index in [0.717, 1.165) is 35.7 Å². The first kappa shape index (κ1) is 28.2. The molecule has 0 unspecified atom stereocenters. The summed E-state index contributed by atoms with van der Waals surface area (Å²) in [6, 6.07) is 8.52. The number of piperazine rings is 1. The van der Waals surface area contributed by atoms with Crippen molar-refractivity contribution in [3.63, 3.8) is 0 Å². The SMILES string of the molecule is CNc1ncc(/C(N)=C/N(N)c2cc(NC(=O)c3cc(N4CCN(C)CC4)cc(C(F)(F)F)c3)ccc2C)s1. The standard InChI is InChI=1S/C26H31F3N8OS/c1-16-4-5-19(13-22(16)37(31)15-21(30)23-14-33-25(32-2)39-23)34-24(38)17-10-18(26(27,28)29)12-20(11-17)36-8-6-35(3)7-9-36/h4-5,10-15H,6-9,30-31H2,1-3H3,(H,32,33)(H,34,38)/b21-15-. The molecule has 39 heavy (non-hydrogen) atoms. The summed E-state index contributed by atoms with van der Waals surface area (Å²) in [6.45, 7) is 4.42. The van der Waals surface area contributed by atoms with E-state index in [1.54, 1.807) is 31.4 Å². The number of aromatic nitrogens is 1. The number of hydrazine groups is 1. The molecule has 0 spiro atoms. The van der Waals surface area contributed by atoms with E-state index in [2.05, 4.69) is 20.5 Å². The molecule has 0 aliphatic carbocycles. The van der Waals surface area contributed by atoms with Crippen molar-refractivity contribution in [1.29, 1.82) is 0 Å². The molecule has 4 rings (SSSR count). The van der Waals surface area contributed by atoms with Gasteiger partial charge in [-0.25, -0.2) is 10.8 Å². The van der Waals surface area contributed by atoms with Gasteiger partial charge in [-0.15, -0.1) is 0 Å². The number of hydrogen-bond donors (Lipinski definition) is 4. The van der Waals surface area contributed by atoms with Gasteiger partial charge in [0.2, 0.25) is 0 Å². The number of anilines is 4. The van der Waals surface area contributed by atoms with E-state index in [0.29, 0.717) is 41.0 Å². The lowest BCUT2D eigenvalue weighted by atomic mass is 10.1. The predicted molar refractivity (Wildman–Crippen MR) is 151 cm³/mol. The maximum atomic E-state index is 13.7. The van der Waals surface area contributed by atoms with E-state index in [4.69, 9.17) is 11.6 Å². The predicted octanol–water partition coefficient (Wildman–Crippen LogP) is 4.15. The first-order valence-corrected chi connectivity index (χ1v) is 13.0. The van der Waals surface area contributed by atoms with Gasteiger partial charge in [0.25, 0.3) is 5.91 Å². The normalized spacial score (nSPS) is 14.8. The molecule has 1 amide bonds. The third-order valence-electron chi connectivity index (χ3n) is 6.40. The van der Waals surface area contributed by atoms with Crippen LogP contribution in [0.2, 0.25) is 0 Å². The van der Waals surface area contributed by atoms with E-state index >= 15 is 0 Å². The zero-order valence-corrected chi connectivity index (χ0v) is 22.7. The van der Waals surface area contributed by atoms with Crippen molar-refractivity contribution < 1.29 is 18.0 Å². The third kappa shape index (κ3) is 6.80. The van der Waals surface area contributed by atoms with Gasteiger partial charge in [0.15, 0.2) is 5.13 Å². The monoisotopic (exact) mass is 560 g/mol. The number of rotatable bonds is 7. The number of nitrogens with one attached hydrogen (secondary N) is 2. The van der Waals surface area contributed by atoms with E-state index in [1.807, 2.05) is 18.9 Å². The zero-order chi connectivity index (χ0) is 28.3. The van der Waals surface area contributed by atoms with Crippen LogP contribution in [0.25, 0.3) is 5.70 Å². The average molecular weight is 561 g/mol. The largest absolute Gasteiger partial charge is 0.416 e. The Morgan fingerprint density at radius 3 is 2.51 bits per heavy atom. The van der Waals surface area contributed by atoms with Crippen LogP contribution in [0.5, 0.6) is 0 Å². The molecule has 208 valence electrons. The summed E-state index contributed by atoms with van der Waals surface area (Å²) in [7, 11) is 3.72. The highest BCUT2D eigenvalue weighted by molar-refractivity contribution is 7.16. The van der Waals surface area contributed by atoms with E-state index in [-0.39, 0.29) is 5.56 Å². The molecule has 9 nitrogen and oxygen atoms in total. The molecule has 0 radical (unpaired) electrons. The highest BCUT2D eigenvalue weighted by atomic mass is 32.1. The topological polar surface area (TPSA) is 116 Å². The van der Waals surface area contributed by atoms with Crippen LogP contribution in [0.15, 0.2) is 48.8 Å². The number of carbonyl (C=O) groups excluding carboxylic acids is 1. The van der Waals surface area contributed by atoms with Crippen LogP contribution >= 0.6 is 11.3 Å². The molecule has 1 aliphatic heterocycles. The van der Waals surface area contributed by atoms with E-state index in [1.165, 1.54) is 28.6 Å². The molecule has 1 aliphatic rings. The second-order valence-corrected chi connectivity index (χ2v) is 10.3. The Labute approximate surface area is 228 Å². The molecule has 3 aromatic rings. The molecule has 1 saturated heterocycles. The Morgan fingerprint density at radius 2 is 1.87 bits per heavy atom. The lowest BCUT2D eigenvalue weighted by Crippen LogP contribution is -2.44. The van der Waals surface area contributed by atoms with Crippen molar-refractivity contribution in [2.75, 3.05) is 60.8 Å². The highest BCUT2D eigenvalue weighted by Gasteiger charge is 2.32. The Hall–Kier alpha value is -3.81. The Balaban J connectivity index is 1.57. The van der Waals surface area contributed by atoms with Crippen LogP contribution in [0.4, 0.5) is 35.4 Å². The molecular weight excluding hydrogens is 529 g/mol. The fraction of sp³-hybridized carbons (Fsp3) is 0.308. The Morgan fingerprint density at radius 1 is 1.15 bits per heavy atom. The van der Waals surface area contributed by atoms with Gasteiger partial charge >= 0.3 is 6.18 Å². The number of nitrogens with zero attached hydrogens (tertiary/aromatic N) is 4. The molecule has 0 bridgehead atoms. The number of carbonyl (C=O) groups is 1. The minimum atomic E-state index is -4.59. The van der Waals surface area contributed by atoms with Crippen molar-refractivity contribution in [3.05, 3.63) is 70.4 Å². The molecular formula is C26H31F3N8OS. The number of likely N-dealkylation sites (N-methyl/N-ethyl adjacent to an activating group) is 1. The molecule has 13 heteroatoms. The zero-order valence-electron chi connectivity index (χ0n) is 21.8. The number of nitrogens with two attached hydrogens (primary N) is 2. The van der Waals surface area contributed by atoms with Gasteiger partial charge in [-0.3, -0.25) is 9.80 Å². The number of aryl methyl sites for hydroxylation is 1. The van der Waals surface area contributed by atoms with E-state index in [9.17, 15) is 18.0 Å². The van der Waals surface area contributed by atoms with Gasteiger partial charge < -0.3 is 26.2 Å². The third-order valence-corrected chi connectivity index (χ3v) is 7.47. The lowest BCUT2D eigenvalue weighted by Gasteiger charge is -2.34. The fourth-order valence-electron chi connectivity index (χ4n) is 4.13. The first-order chi connectivity index (χ1) is 18.4. The van der Waals surface area contributed by atoms with Gasteiger partial charge in [0, 0.05) is 62.6 Å². The number of amides is 1. The van der Waals surface area contributed by atoms with Crippen LogP contribution in [0, 0.1) is 6.92 Å². The maximum absolute atomic E-state index is 13.7. The number of alkyl halides is 3. The Bertz CT molecular complexity index is 1370. The van der Waals surface area contributed by atoms with Crippen molar-refractivity contribution in [1.82, 2.24) is 9.88 Å². The van der Waals surface area contributed by atoms with Crippen molar-refractivity contribution in [2.45, 2.75) is 13.1 Å². The van der Waals surface area contributed by atoms with Crippen LogP contribution in [-0.2, 0) is 6.18 Å². The molecule has 1 fully saturated rings. The number of halogens is 3. The summed E-state index contributed by atoms with van der Waals surface area (Å²) in [6.07, 6.45) is -1.42. The van der Waals surface area contributed by atoms with Crippen molar-refractivity contribution in [3.8, 4) is 0 Å². The summed E-state index contributed by atoms with van der Waals surface area (Å²) in [5.74, 6) is 5.60. The van der Waals surface area contributed by atoms with Gasteiger partial charge in [0.1, 0.15) is 0 Å². The summed E-state index contributed by atoms with van der Waals surface area (Å²) in [5, 5.41) is 7.69. The number of hydrogen-bond acceptors (Lipinski definition) is 9. The fourth-order valence-corrected chi connectivity index (χ4v) is 4.82. The van der Waals surface area contributed by atoms with Crippen molar-refractivity contribution >= 4 is 45.1 Å². The quantitative estimate of drug-likeness (QED) is 0.252. The van der Waals surface area contributed by atoms with Crippen LogP contribution in [-0.4, -0.2) is 56.1 Å². The molecule has 0 atom stereocenters. The van der Waals surface area contributed by atoms with Gasteiger partial charge in [-0.1, -0.05) is 17.4 Å². The van der Waals surface area contributed by atoms with Crippen LogP contribution in [0.1, 0.15) is 26.4 Å². The maximum Gasteiger partial charge on any atom is 0.416 e. The molecule has 1 aromatic heterocycles. The first-order valence-electron chi connectivity index (χ1n) is 12.2. The molecule has 2 aromatic carbocycles. The summed E-state index contributed by atoms with van der Waals surface area (Å²) < 4.78 is 41.1.